The third-order valence-corrected chi connectivity index (χ3v) is 3.92. The SMILES string of the molecule is CC(=O)N(C)c1nc(CNC(C)Cn2cccn2)cs1. The largest absolute Gasteiger partial charge is 0.307 e. The molecule has 1 atom stereocenters. The van der Waals surface area contributed by atoms with Crippen LogP contribution in [0.25, 0.3) is 0 Å². The highest BCUT2D eigenvalue weighted by Crippen LogP contribution is 2.19. The maximum Gasteiger partial charge on any atom is 0.225 e. The maximum atomic E-state index is 11.3. The molecule has 7 heteroatoms. The lowest BCUT2D eigenvalue weighted by Gasteiger charge is -2.13. The Bertz CT molecular complexity index is 551. The first-order chi connectivity index (χ1) is 9.56. The Hall–Kier alpha value is -1.73. The summed E-state index contributed by atoms with van der Waals surface area (Å²) < 4.78 is 1.90. The lowest BCUT2D eigenvalue weighted by molar-refractivity contribution is -0.116. The number of nitrogens with one attached hydrogen (secondary N) is 1. The molecule has 0 aliphatic heterocycles. The minimum Gasteiger partial charge on any atom is -0.307 e. The topological polar surface area (TPSA) is 63.1 Å². The minimum atomic E-state index is -0.00842. The number of hydrogen-bond acceptors (Lipinski definition) is 5. The van der Waals surface area contributed by atoms with Crippen molar-refractivity contribution in [3.8, 4) is 0 Å². The molecule has 0 saturated carbocycles. The van der Waals surface area contributed by atoms with Gasteiger partial charge in [-0.1, -0.05) is 0 Å². The van der Waals surface area contributed by atoms with E-state index in [1.807, 2.05) is 22.3 Å². The summed E-state index contributed by atoms with van der Waals surface area (Å²) in [6, 6.07) is 2.21. The van der Waals surface area contributed by atoms with Crippen molar-refractivity contribution in [1.29, 1.82) is 0 Å². The van der Waals surface area contributed by atoms with E-state index < -0.39 is 0 Å². The maximum absolute atomic E-state index is 11.3. The molecule has 0 radical (unpaired) electrons. The highest BCUT2D eigenvalue weighted by Gasteiger charge is 2.11. The predicted octanol–water partition coefficient (Wildman–Crippen LogP) is 1.50. The third-order valence-electron chi connectivity index (χ3n) is 2.95. The quantitative estimate of drug-likeness (QED) is 0.876. The highest BCUT2D eigenvalue weighted by molar-refractivity contribution is 7.14. The van der Waals surface area contributed by atoms with Gasteiger partial charge in [-0.2, -0.15) is 5.10 Å². The van der Waals surface area contributed by atoms with Gasteiger partial charge < -0.3 is 5.32 Å². The summed E-state index contributed by atoms with van der Waals surface area (Å²) in [6.07, 6.45) is 3.72. The van der Waals surface area contributed by atoms with Crippen molar-refractivity contribution in [3.63, 3.8) is 0 Å². The van der Waals surface area contributed by atoms with Gasteiger partial charge >= 0.3 is 0 Å². The molecule has 2 rings (SSSR count). The van der Waals surface area contributed by atoms with Crippen LogP contribution in [0.15, 0.2) is 23.8 Å². The molecule has 20 heavy (non-hydrogen) atoms. The summed E-state index contributed by atoms with van der Waals surface area (Å²) in [5.41, 5.74) is 0.949. The van der Waals surface area contributed by atoms with E-state index in [0.29, 0.717) is 12.6 Å². The van der Waals surface area contributed by atoms with Crippen molar-refractivity contribution in [2.24, 2.45) is 0 Å². The van der Waals surface area contributed by atoms with Gasteiger partial charge in [0.15, 0.2) is 5.13 Å². The van der Waals surface area contributed by atoms with Crippen molar-refractivity contribution in [1.82, 2.24) is 20.1 Å². The molecule has 2 aromatic rings. The Morgan fingerprint density at radius 3 is 3.05 bits per heavy atom. The Morgan fingerprint density at radius 1 is 1.60 bits per heavy atom. The molecular formula is C13H19N5OS. The van der Waals surface area contributed by atoms with Crippen molar-refractivity contribution in [2.45, 2.75) is 33.0 Å². The van der Waals surface area contributed by atoms with Gasteiger partial charge in [0, 0.05) is 44.3 Å². The van der Waals surface area contributed by atoms with Crippen molar-refractivity contribution < 1.29 is 4.79 Å². The van der Waals surface area contributed by atoms with Gasteiger partial charge in [0.25, 0.3) is 0 Å². The molecule has 2 aromatic heterocycles. The second-order valence-electron chi connectivity index (χ2n) is 4.71. The van der Waals surface area contributed by atoms with Gasteiger partial charge in [-0.15, -0.1) is 11.3 Å². The van der Waals surface area contributed by atoms with E-state index in [0.717, 1.165) is 17.4 Å². The molecule has 1 N–H and O–H groups in total. The molecule has 0 bridgehead atoms. The molecule has 1 unspecified atom stereocenters. The van der Waals surface area contributed by atoms with Crippen LogP contribution in [-0.4, -0.2) is 33.8 Å². The first-order valence-corrected chi connectivity index (χ1v) is 7.33. The number of anilines is 1. The van der Waals surface area contributed by atoms with Crippen LogP contribution in [0.5, 0.6) is 0 Å². The first kappa shape index (κ1) is 14.7. The second-order valence-corrected chi connectivity index (χ2v) is 5.55. The summed E-state index contributed by atoms with van der Waals surface area (Å²) in [5.74, 6) is -0.00842. The fourth-order valence-corrected chi connectivity index (χ4v) is 2.53. The van der Waals surface area contributed by atoms with E-state index >= 15 is 0 Å². The van der Waals surface area contributed by atoms with Crippen LogP contribution in [0.3, 0.4) is 0 Å². The van der Waals surface area contributed by atoms with Crippen LogP contribution < -0.4 is 10.2 Å². The standard InChI is InChI=1S/C13H19N5OS/c1-10(8-18-6-4-5-15-18)14-7-12-9-20-13(16-12)17(3)11(2)19/h4-6,9-10,14H,7-8H2,1-3H3. The lowest BCUT2D eigenvalue weighted by Crippen LogP contribution is -2.30. The van der Waals surface area contributed by atoms with Gasteiger partial charge in [-0.25, -0.2) is 4.98 Å². The van der Waals surface area contributed by atoms with Gasteiger partial charge in [0.05, 0.1) is 12.2 Å². The Morgan fingerprint density at radius 2 is 2.40 bits per heavy atom. The Balaban J connectivity index is 1.83. The van der Waals surface area contributed by atoms with E-state index in [1.54, 1.807) is 18.1 Å². The molecule has 6 nitrogen and oxygen atoms in total. The lowest BCUT2D eigenvalue weighted by atomic mass is 10.3. The molecule has 0 aromatic carbocycles. The zero-order chi connectivity index (χ0) is 14.5. The normalized spacial score (nSPS) is 12.3. The molecule has 108 valence electrons. The summed E-state index contributed by atoms with van der Waals surface area (Å²) in [5, 5.41) is 10.3. The summed E-state index contributed by atoms with van der Waals surface area (Å²) in [6.45, 7) is 5.14. The molecular weight excluding hydrogens is 274 g/mol. The van der Waals surface area contributed by atoms with E-state index in [9.17, 15) is 4.79 Å². The number of hydrogen-bond donors (Lipinski definition) is 1. The fourth-order valence-electron chi connectivity index (χ4n) is 1.70. The molecule has 0 aliphatic rings. The van der Waals surface area contributed by atoms with Crippen LogP contribution in [0.4, 0.5) is 5.13 Å². The Labute approximate surface area is 122 Å². The van der Waals surface area contributed by atoms with E-state index in [-0.39, 0.29) is 5.91 Å². The van der Waals surface area contributed by atoms with Crippen molar-refractivity contribution in [3.05, 3.63) is 29.5 Å². The first-order valence-electron chi connectivity index (χ1n) is 6.45. The molecule has 0 fully saturated rings. The number of nitrogens with zero attached hydrogens (tertiary/aromatic N) is 4. The molecule has 0 saturated heterocycles. The number of aromatic nitrogens is 3. The van der Waals surface area contributed by atoms with Crippen molar-refractivity contribution in [2.75, 3.05) is 11.9 Å². The molecule has 1 amide bonds. The fraction of sp³-hybridized carbons (Fsp3) is 0.462. The zero-order valence-electron chi connectivity index (χ0n) is 11.9. The molecule has 2 heterocycles. The van der Waals surface area contributed by atoms with Crippen LogP contribution in [0.2, 0.25) is 0 Å². The number of amides is 1. The second kappa shape index (κ2) is 6.62. The predicted molar refractivity (Wildman–Crippen MR) is 79.7 cm³/mol. The average molecular weight is 293 g/mol. The number of carbonyl (C=O) groups is 1. The third kappa shape index (κ3) is 3.88. The average Bonchev–Trinajstić information content (AvgIpc) is 3.06. The van der Waals surface area contributed by atoms with Gasteiger partial charge in [0.1, 0.15) is 0 Å². The minimum absolute atomic E-state index is 0.00842. The van der Waals surface area contributed by atoms with Gasteiger partial charge in [0.2, 0.25) is 5.91 Å². The number of thiazole rings is 1. The van der Waals surface area contributed by atoms with Crippen LogP contribution >= 0.6 is 11.3 Å². The van der Waals surface area contributed by atoms with E-state index in [1.165, 1.54) is 18.3 Å². The van der Waals surface area contributed by atoms with Crippen LogP contribution in [0.1, 0.15) is 19.5 Å². The zero-order valence-corrected chi connectivity index (χ0v) is 12.7. The van der Waals surface area contributed by atoms with Gasteiger partial charge in [-0.3, -0.25) is 14.4 Å². The van der Waals surface area contributed by atoms with Crippen LogP contribution in [-0.2, 0) is 17.9 Å². The summed E-state index contributed by atoms with van der Waals surface area (Å²) in [7, 11) is 1.73. The summed E-state index contributed by atoms with van der Waals surface area (Å²) >= 11 is 1.48. The molecule has 0 aliphatic carbocycles. The van der Waals surface area contributed by atoms with Crippen LogP contribution in [0, 0.1) is 0 Å². The smallest absolute Gasteiger partial charge is 0.225 e. The van der Waals surface area contributed by atoms with Gasteiger partial charge in [-0.05, 0) is 13.0 Å². The van der Waals surface area contributed by atoms with E-state index in [4.69, 9.17) is 0 Å². The molecule has 0 spiro atoms. The highest BCUT2D eigenvalue weighted by atomic mass is 32.1. The monoisotopic (exact) mass is 293 g/mol. The van der Waals surface area contributed by atoms with Crippen molar-refractivity contribution >= 4 is 22.4 Å². The number of rotatable bonds is 6. The number of carbonyl (C=O) groups excluding carboxylic acids is 1. The van der Waals surface area contributed by atoms with E-state index in [2.05, 4.69) is 22.3 Å². The summed E-state index contributed by atoms with van der Waals surface area (Å²) in [4.78, 5) is 17.3. The Kier molecular flexibility index (Phi) is 4.86.